The summed E-state index contributed by atoms with van der Waals surface area (Å²) in [5.74, 6) is -5.39. The van der Waals surface area contributed by atoms with Gasteiger partial charge in [-0.15, -0.1) is 0 Å². The standard InChI is InChI=1S/C53H69N3O12/c1-15-56(16-2,27(3)4)23-25-64-36-20-21-37-39(26-36)67-50-43(54-37)40-41-46(59)34(11)49-42(40)51(61)53(13,68-49)65-24-22-38(63-14)33(10)48(66-35(12)57)32(9)30(7)31(8)45(58)28(5)18-17-19-29(6)52(62)55-44(50)47(41)60/h17-22,24,26-28,30-33,38,45,48,58H,15-16,23,25H2,1-14H3,(H-,54,55,59,60,61,62)/p+1/b18-17+,24-22+,29-19-/t28-,30+,31-,32+,33+,38-,45-,48-,53-/m0/s1. The van der Waals surface area contributed by atoms with Gasteiger partial charge >= 0.3 is 11.8 Å². The van der Waals surface area contributed by atoms with E-state index in [2.05, 4.69) is 33.0 Å². The first kappa shape index (κ1) is 51.6. The third-order valence-corrected chi connectivity index (χ3v) is 15.0. The van der Waals surface area contributed by atoms with Crippen LogP contribution in [0.5, 0.6) is 17.2 Å². The molecule has 2 aromatic rings. The number of Topliss-reactive ketones (excluding diaryl/α,β-unsaturated/α-hetero) is 1. The quantitative estimate of drug-likeness (QED) is 0.0624. The summed E-state index contributed by atoms with van der Waals surface area (Å²) < 4.78 is 38.0. The van der Waals surface area contributed by atoms with E-state index in [-0.39, 0.29) is 79.6 Å². The van der Waals surface area contributed by atoms with Crippen LogP contribution in [0.1, 0.15) is 99.0 Å². The molecule has 15 nitrogen and oxygen atoms in total. The van der Waals surface area contributed by atoms with Gasteiger partial charge in [-0.1, -0.05) is 52.8 Å². The number of carbonyl (C=O) groups excluding carboxylic acids is 3. The molecular weight excluding hydrogens is 871 g/mol. The summed E-state index contributed by atoms with van der Waals surface area (Å²) in [7, 11) is 1.51. The van der Waals surface area contributed by atoms with Crippen molar-refractivity contribution in [3.63, 3.8) is 0 Å². The molecule has 368 valence electrons. The maximum Gasteiger partial charge on any atom is 0.312 e. The van der Waals surface area contributed by atoms with Crippen molar-refractivity contribution in [2.75, 3.05) is 38.7 Å². The summed E-state index contributed by atoms with van der Waals surface area (Å²) in [6.07, 6.45) is 5.77. The Morgan fingerprint density at radius 3 is 2.31 bits per heavy atom. The van der Waals surface area contributed by atoms with E-state index in [1.807, 2.05) is 34.6 Å². The number of hydrogen-bond acceptors (Lipinski definition) is 13. The van der Waals surface area contributed by atoms with Gasteiger partial charge < -0.3 is 48.1 Å². The summed E-state index contributed by atoms with van der Waals surface area (Å²) in [6.45, 7) is 27.4. The number of nitrogens with one attached hydrogen (secondary N) is 1. The van der Waals surface area contributed by atoms with E-state index in [1.54, 1.807) is 49.4 Å². The van der Waals surface area contributed by atoms with Crippen molar-refractivity contribution in [1.29, 1.82) is 0 Å². The number of methoxy groups -OCH3 is 1. The van der Waals surface area contributed by atoms with Gasteiger partial charge in [-0.25, -0.2) is 4.98 Å². The number of fused-ring (bicyclic) bond motifs is 14. The van der Waals surface area contributed by atoms with Crippen molar-refractivity contribution in [1.82, 2.24) is 4.98 Å². The van der Waals surface area contributed by atoms with Crippen molar-refractivity contribution >= 4 is 45.2 Å². The molecule has 4 heterocycles. The Balaban J connectivity index is 1.55. The van der Waals surface area contributed by atoms with E-state index in [0.29, 0.717) is 23.9 Å². The number of aliphatic hydroxyl groups is 1. The van der Waals surface area contributed by atoms with Crippen LogP contribution in [0, 0.1) is 36.5 Å². The van der Waals surface area contributed by atoms with Gasteiger partial charge in [-0.05, 0) is 77.5 Å². The lowest BCUT2D eigenvalue weighted by molar-refractivity contribution is -0.944. The minimum Gasteiger partial charge on any atom is -0.507 e. The number of likely N-dealkylation sites (N-methyl/N-ethyl adjacent to an activating group) is 1. The summed E-state index contributed by atoms with van der Waals surface area (Å²) in [4.78, 5) is 61.2. The molecule has 4 aliphatic heterocycles. The van der Waals surface area contributed by atoms with Crippen LogP contribution in [0.2, 0.25) is 0 Å². The number of nitrogens with zero attached hydrogens (tertiary/aromatic N) is 2. The highest BCUT2D eigenvalue weighted by molar-refractivity contribution is 6.22. The number of ether oxygens (including phenoxy) is 5. The third kappa shape index (κ3) is 9.62. The predicted octanol–water partition coefficient (Wildman–Crippen LogP) is 8.87. The molecule has 5 aliphatic rings. The molecule has 0 radical (unpaired) electrons. The number of esters is 1. The molecule has 0 aromatic heterocycles. The largest absolute Gasteiger partial charge is 0.507 e. The highest BCUT2D eigenvalue weighted by Crippen LogP contribution is 2.50. The normalized spacial score (nSPS) is 28.0. The van der Waals surface area contributed by atoms with Gasteiger partial charge in [0.05, 0.1) is 48.6 Å². The van der Waals surface area contributed by atoms with Crippen LogP contribution in [0.25, 0.3) is 33.3 Å². The Hall–Kier alpha value is -5.77. The van der Waals surface area contributed by atoms with Crippen molar-refractivity contribution < 1.29 is 57.2 Å². The smallest absolute Gasteiger partial charge is 0.312 e. The highest BCUT2D eigenvalue weighted by atomic mass is 16.7. The van der Waals surface area contributed by atoms with Crippen molar-refractivity contribution in [2.24, 2.45) is 29.6 Å². The number of aromatic nitrogens is 1. The predicted molar refractivity (Wildman–Crippen MR) is 261 cm³/mol. The van der Waals surface area contributed by atoms with E-state index < -0.39 is 58.9 Å². The summed E-state index contributed by atoms with van der Waals surface area (Å²) in [5, 5.41) is 25.9. The van der Waals surface area contributed by atoms with Crippen LogP contribution in [0.3, 0.4) is 0 Å². The Labute approximate surface area is 399 Å². The molecule has 0 saturated heterocycles. The molecule has 1 amide bonds. The van der Waals surface area contributed by atoms with Gasteiger partial charge in [0.1, 0.15) is 53.4 Å². The number of allylic oxidation sites excluding steroid dienone is 2. The first-order valence-corrected chi connectivity index (χ1v) is 23.8. The van der Waals surface area contributed by atoms with Crippen LogP contribution >= 0.6 is 0 Å². The maximum atomic E-state index is 14.9. The van der Waals surface area contributed by atoms with Gasteiger partial charge in [0.25, 0.3) is 11.7 Å². The SMILES string of the molecule is CC[N+](CC)(CCOc1ccc2nc3c4c5c6c(C)c(O)c4c(=O)c(c-3oc2c1)NC(=O)/C(C)=C\C=C\[C@H](C)[C@H](O)[C@@H](C)[C@@H](C)[C@@H](C)[C@H](OC(C)=O)[C@H](C)[C@@H](OC)/C=C/O[C@@](C)(O6)C5=O)C(C)C. The van der Waals surface area contributed by atoms with Gasteiger partial charge in [0.15, 0.2) is 11.3 Å². The second kappa shape index (κ2) is 20.4. The molecule has 2 aromatic carbocycles. The topological polar surface area (TPSA) is 193 Å². The average molecular weight is 941 g/mol. The molecule has 7 rings (SSSR count). The fourth-order valence-electron chi connectivity index (χ4n) is 9.96. The third-order valence-electron chi connectivity index (χ3n) is 15.0. The average Bonchev–Trinajstić information content (AvgIpc) is 3.57. The second-order valence-corrected chi connectivity index (χ2v) is 19.2. The number of quaternary nitrogens is 1. The first-order chi connectivity index (χ1) is 32.1. The molecule has 15 heteroatoms. The molecule has 3 N–H and O–H groups in total. The molecule has 5 bridgehead atoms. The zero-order valence-corrected chi connectivity index (χ0v) is 42.0. The number of rotatable bonds is 9. The maximum absolute atomic E-state index is 14.9. The lowest BCUT2D eigenvalue weighted by atomic mass is 9.73. The van der Waals surface area contributed by atoms with Gasteiger partial charge in [-0.2, -0.15) is 0 Å². The van der Waals surface area contributed by atoms with E-state index in [4.69, 9.17) is 33.1 Å². The summed E-state index contributed by atoms with van der Waals surface area (Å²) >= 11 is 0. The van der Waals surface area contributed by atoms with Gasteiger partial charge in [0.2, 0.25) is 5.43 Å². The van der Waals surface area contributed by atoms with Gasteiger partial charge in [-0.3, -0.25) is 19.2 Å². The number of anilines is 1. The number of hydrogen-bond donors (Lipinski definition) is 3. The zero-order valence-electron chi connectivity index (χ0n) is 42.0. The number of carbonyl (C=O) groups is 3. The fraction of sp³-hybridized carbons (Fsp3) is 0.528. The van der Waals surface area contributed by atoms with E-state index in [9.17, 15) is 29.4 Å². The molecule has 1 aliphatic carbocycles. The number of amides is 1. The van der Waals surface area contributed by atoms with Gasteiger partial charge in [0, 0.05) is 55.4 Å². The van der Waals surface area contributed by atoms with Crippen molar-refractivity contribution in [3.8, 4) is 28.7 Å². The summed E-state index contributed by atoms with van der Waals surface area (Å²) in [6, 6.07) is 5.53. The molecule has 0 unspecified atom stereocenters. The molecular formula is C53H70N3O12+. The minimum atomic E-state index is -2.00. The summed E-state index contributed by atoms with van der Waals surface area (Å²) in [5.41, 5.74) is -0.308. The monoisotopic (exact) mass is 940 g/mol. The number of ketones is 1. The fourth-order valence-corrected chi connectivity index (χ4v) is 9.96. The lowest BCUT2D eigenvalue weighted by Gasteiger charge is -2.40. The number of benzene rings is 3. The van der Waals surface area contributed by atoms with Crippen LogP contribution in [0.15, 0.2) is 63.6 Å². The lowest BCUT2D eigenvalue weighted by Crippen LogP contribution is -2.54. The Bertz CT molecular complexity index is 2680. The number of aromatic hydroxyl groups is 1. The van der Waals surface area contributed by atoms with Crippen LogP contribution < -0.4 is 20.2 Å². The van der Waals surface area contributed by atoms with Crippen LogP contribution in [-0.4, -0.2) is 101 Å². The first-order valence-electron chi connectivity index (χ1n) is 23.8. The van der Waals surface area contributed by atoms with Crippen molar-refractivity contribution in [3.05, 3.63) is 75.7 Å². The Kier molecular flexibility index (Phi) is 15.5. The van der Waals surface area contributed by atoms with E-state index in [0.717, 1.165) is 24.1 Å². The van der Waals surface area contributed by atoms with Crippen LogP contribution in [0.4, 0.5) is 5.69 Å². The number of aliphatic hydroxyl groups excluding tert-OH is 1. The zero-order chi connectivity index (χ0) is 50.2. The highest BCUT2D eigenvalue weighted by Gasteiger charge is 2.50. The van der Waals surface area contributed by atoms with E-state index >= 15 is 0 Å². The molecule has 9 atom stereocenters. The molecule has 0 spiro atoms. The molecule has 0 saturated carbocycles. The second-order valence-electron chi connectivity index (χ2n) is 19.2. The molecule has 0 fully saturated rings. The van der Waals surface area contributed by atoms with Crippen LogP contribution in [-0.2, 0) is 23.8 Å². The van der Waals surface area contributed by atoms with E-state index in [1.165, 1.54) is 34.1 Å². The number of phenolic OH excluding ortho intramolecular Hbond substituents is 1. The van der Waals surface area contributed by atoms with Crippen molar-refractivity contribution in [2.45, 2.75) is 120 Å². The molecule has 68 heavy (non-hydrogen) atoms. The Morgan fingerprint density at radius 2 is 1.68 bits per heavy atom. The Morgan fingerprint density at radius 1 is 0.985 bits per heavy atom. The number of phenols is 1. The minimum absolute atomic E-state index is 0.00493.